The maximum absolute atomic E-state index is 13.2. The average Bonchev–Trinajstić information content (AvgIpc) is 3.30. The number of aliphatic hydroxyl groups is 1. The third-order valence-corrected chi connectivity index (χ3v) is 7.03. The number of fused-ring (bicyclic) bond motifs is 5. The molecule has 0 fully saturated rings. The van der Waals surface area contributed by atoms with E-state index in [2.05, 4.69) is 16.4 Å². The maximum Gasteiger partial charge on any atom is 0.256 e. The number of aromatic amines is 1. The zero-order chi connectivity index (χ0) is 27.2. The van der Waals surface area contributed by atoms with E-state index in [-0.39, 0.29) is 19.0 Å². The molecular weight excluding hydrogens is 494 g/mol. The second-order valence-corrected chi connectivity index (χ2v) is 9.66. The predicted octanol–water partition coefficient (Wildman–Crippen LogP) is 3.77. The molecule has 3 N–H and O–H groups in total. The third kappa shape index (κ3) is 6.07. The molecule has 2 amide bonds. The molecule has 1 aromatic heterocycles. The molecule has 4 aromatic rings. The molecule has 0 unspecified atom stereocenters. The van der Waals surface area contributed by atoms with Crippen molar-refractivity contribution in [1.82, 2.24) is 15.2 Å². The lowest BCUT2D eigenvalue weighted by Gasteiger charge is -2.25. The number of methoxy groups -OCH3 is 1. The normalized spacial score (nSPS) is 15.6. The summed E-state index contributed by atoms with van der Waals surface area (Å²) in [5.74, 6) is 0.462. The van der Waals surface area contributed by atoms with Crippen LogP contribution in [0.15, 0.2) is 72.8 Å². The standard InChI is InChI=1S/C31H33N3O5/c1-38-27-13-12-21-18-26-24(23-10-5-6-11-25(23)33-26)14-15-32-29(35)20-34(16-7-17-39-28(27)19-21)31(37)30(36)22-8-3-2-4-9-22/h2-6,8-13,19,30,33,36H,7,14-18,20H2,1H3,(H,32,35)/t30-/m0/s1. The molecule has 2 bridgehead atoms. The van der Waals surface area contributed by atoms with Crippen LogP contribution < -0.4 is 14.8 Å². The number of aliphatic hydroxyl groups excluding tert-OH is 1. The van der Waals surface area contributed by atoms with Crippen LogP contribution in [-0.4, -0.2) is 60.2 Å². The average molecular weight is 528 g/mol. The minimum absolute atomic E-state index is 0.151. The summed E-state index contributed by atoms with van der Waals surface area (Å²) in [5.41, 5.74) is 4.82. The number of H-pyrrole nitrogens is 1. The van der Waals surface area contributed by atoms with Crippen LogP contribution in [0.4, 0.5) is 0 Å². The van der Waals surface area contributed by atoms with Crippen molar-refractivity contribution >= 4 is 22.7 Å². The second-order valence-electron chi connectivity index (χ2n) is 9.66. The topological polar surface area (TPSA) is 104 Å². The van der Waals surface area contributed by atoms with Crippen LogP contribution in [0.2, 0.25) is 0 Å². The number of para-hydroxylation sites is 1. The van der Waals surface area contributed by atoms with Gasteiger partial charge in [-0.05, 0) is 47.7 Å². The molecule has 0 radical (unpaired) electrons. The Balaban J connectivity index is 1.43. The van der Waals surface area contributed by atoms with E-state index in [9.17, 15) is 14.7 Å². The fourth-order valence-corrected chi connectivity index (χ4v) is 5.05. The molecule has 202 valence electrons. The van der Waals surface area contributed by atoms with Crippen LogP contribution in [0.25, 0.3) is 10.9 Å². The van der Waals surface area contributed by atoms with E-state index in [1.807, 2.05) is 42.5 Å². The first-order chi connectivity index (χ1) is 19.0. The number of benzene rings is 3. The van der Waals surface area contributed by atoms with Gasteiger partial charge in [0.2, 0.25) is 5.91 Å². The first-order valence-electron chi connectivity index (χ1n) is 13.2. The lowest BCUT2D eigenvalue weighted by atomic mass is 10.0. The van der Waals surface area contributed by atoms with Crippen LogP contribution >= 0.6 is 0 Å². The quantitative estimate of drug-likeness (QED) is 0.376. The van der Waals surface area contributed by atoms with Crippen molar-refractivity contribution < 1.29 is 24.2 Å². The van der Waals surface area contributed by atoms with Crippen molar-refractivity contribution in [3.63, 3.8) is 0 Å². The van der Waals surface area contributed by atoms with Gasteiger partial charge < -0.3 is 29.8 Å². The molecule has 3 aromatic carbocycles. The zero-order valence-electron chi connectivity index (χ0n) is 22.0. The summed E-state index contributed by atoms with van der Waals surface area (Å²) in [6.45, 7) is 0.839. The van der Waals surface area contributed by atoms with Gasteiger partial charge in [-0.25, -0.2) is 0 Å². The van der Waals surface area contributed by atoms with Crippen LogP contribution in [0.3, 0.4) is 0 Å². The number of nitrogens with one attached hydrogen (secondary N) is 2. The van der Waals surface area contributed by atoms with Gasteiger partial charge in [0.05, 0.1) is 20.3 Å². The number of carbonyl (C=O) groups excluding carboxylic acids is 2. The summed E-state index contributed by atoms with van der Waals surface area (Å²) < 4.78 is 11.6. The van der Waals surface area contributed by atoms with Gasteiger partial charge in [0.1, 0.15) is 0 Å². The molecule has 1 aliphatic heterocycles. The fraction of sp³-hybridized carbons (Fsp3) is 0.290. The van der Waals surface area contributed by atoms with Crippen LogP contribution in [0.1, 0.15) is 34.9 Å². The lowest BCUT2D eigenvalue weighted by molar-refractivity contribution is -0.143. The van der Waals surface area contributed by atoms with Crippen molar-refractivity contribution in [1.29, 1.82) is 0 Å². The first kappa shape index (κ1) is 26.3. The first-order valence-corrected chi connectivity index (χ1v) is 13.2. The molecule has 0 spiro atoms. The highest BCUT2D eigenvalue weighted by atomic mass is 16.5. The van der Waals surface area contributed by atoms with Crippen LogP contribution in [-0.2, 0) is 22.4 Å². The van der Waals surface area contributed by atoms with Gasteiger partial charge >= 0.3 is 0 Å². The van der Waals surface area contributed by atoms with Gasteiger partial charge in [-0.2, -0.15) is 0 Å². The Morgan fingerprint density at radius 2 is 1.87 bits per heavy atom. The number of rotatable bonds is 3. The number of hydrogen-bond donors (Lipinski definition) is 3. The Morgan fingerprint density at radius 3 is 2.69 bits per heavy atom. The molecule has 0 saturated carbocycles. The van der Waals surface area contributed by atoms with E-state index in [0.717, 1.165) is 27.7 Å². The molecule has 1 aliphatic rings. The van der Waals surface area contributed by atoms with Gasteiger partial charge in [-0.1, -0.05) is 54.6 Å². The van der Waals surface area contributed by atoms with E-state index < -0.39 is 12.0 Å². The molecule has 0 aliphatic carbocycles. The van der Waals surface area contributed by atoms with Crippen LogP contribution in [0, 0.1) is 0 Å². The highest BCUT2D eigenvalue weighted by Gasteiger charge is 2.25. The number of ether oxygens (including phenoxy) is 2. The van der Waals surface area contributed by atoms with E-state index in [1.165, 1.54) is 4.90 Å². The molecule has 8 nitrogen and oxygen atoms in total. The summed E-state index contributed by atoms with van der Waals surface area (Å²) in [4.78, 5) is 31.1. The Kier molecular flexibility index (Phi) is 8.13. The predicted molar refractivity (Wildman–Crippen MR) is 149 cm³/mol. The van der Waals surface area contributed by atoms with E-state index in [1.54, 1.807) is 31.4 Å². The van der Waals surface area contributed by atoms with Crippen molar-refractivity contribution in [2.75, 3.05) is 33.4 Å². The fourth-order valence-electron chi connectivity index (χ4n) is 5.05. The van der Waals surface area contributed by atoms with Crippen LogP contribution in [0.5, 0.6) is 11.5 Å². The van der Waals surface area contributed by atoms with E-state index >= 15 is 0 Å². The summed E-state index contributed by atoms with van der Waals surface area (Å²) in [5, 5.41) is 14.8. The zero-order valence-corrected chi connectivity index (χ0v) is 22.0. The Morgan fingerprint density at radius 1 is 1.08 bits per heavy atom. The number of nitrogens with zero attached hydrogens (tertiary/aromatic N) is 1. The Labute approximate surface area is 227 Å². The third-order valence-electron chi connectivity index (χ3n) is 7.03. The minimum Gasteiger partial charge on any atom is -0.493 e. The minimum atomic E-state index is -1.35. The SMILES string of the molecule is COc1ccc2cc1OCCCN(C(=O)[C@@H](O)c1ccccc1)CC(=O)NCCc1c([nH]c3ccccc13)C2. The maximum atomic E-state index is 13.2. The lowest BCUT2D eigenvalue weighted by Crippen LogP contribution is -2.44. The second kappa shape index (κ2) is 12.0. The van der Waals surface area contributed by atoms with Gasteiger partial charge in [-0.15, -0.1) is 0 Å². The summed E-state index contributed by atoms with van der Waals surface area (Å²) in [7, 11) is 1.60. The number of amides is 2. The Hall–Kier alpha value is -4.30. The smallest absolute Gasteiger partial charge is 0.256 e. The number of aromatic nitrogens is 1. The summed E-state index contributed by atoms with van der Waals surface area (Å²) in [6, 6.07) is 22.8. The molecule has 39 heavy (non-hydrogen) atoms. The largest absolute Gasteiger partial charge is 0.493 e. The molecule has 0 saturated heterocycles. The molecule has 5 rings (SSSR count). The summed E-state index contributed by atoms with van der Waals surface area (Å²) >= 11 is 0. The molecule has 1 atom stereocenters. The molecule has 8 heteroatoms. The highest BCUT2D eigenvalue weighted by molar-refractivity contribution is 5.88. The van der Waals surface area contributed by atoms with Gasteiger partial charge in [0.25, 0.3) is 5.91 Å². The van der Waals surface area contributed by atoms with Gasteiger partial charge in [0.15, 0.2) is 17.6 Å². The summed E-state index contributed by atoms with van der Waals surface area (Å²) in [6.07, 6.45) is 0.430. The monoisotopic (exact) mass is 527 g/mol. The highest BCUT2D eigenvalue weighted by Crippen LogP contribution is 2.31. The van der Waals surface area contributed by atoms with E-state index in [0.29, 0.717) is 49.5 Å². The van der Waals surface area contributed by atoms with Crippen molar-refractivity contribution in [3.05, 3.63) is 95.2 Å². The number of carbonyl (C=O) groups is 2. The number of hydrogen-bond acceptors (Lipinski definition) is 5. The Bertz CT molecular complexity index is 1450. The van der Waals surface area contributed by atoms with Crippen molar-refractivity contribution in [2.24, 2.45) is 0 Å². The molecule has 2 heterocycles. The van der Waals surface area contributed by atoms with E-state index in [4.69, 9.17) is 9.47 Å². The van der Waals surface area contributed by atoms with Gasteiger partial charge in [0, 0.05) is 36.1 Å². The van der Waals surface area contributed by atoms with Crippen molar-refractivity contribution in [2.45, 2.75) is 25.4 Å². The van der Waals surface area contributed by atoms with Crippen molar-refractivity contribution in [3.8, 4) is 11.5 Å². The van der Waals surface area contributed by atoms with Gasteiger partial charge in [-0.3, -0.25) is 9.59 Å². The molecular formula is C31H33N3O5.